The van der Waals surface area contributed by atoms with Crippen molar-refractivity contribution in [3.8, 4) is 0 Å². The van der Waals surface area contributed by atoms with E-state index in [2.05, 4.69) is 20.7 Å². The Bertz CT molecular complexity index is 670. The van der Waals surface area contributed by atoms with Crippen LogP contribution in [0.25, 0.3) is 0 Å². The standard InChI is InChI=1S/C12H12BrNO5S/c1-19-12(16)5-7-2-3-8(9(13)4-7)10-6-11(15)14-20(10,17)18/h2-4,10H,5-6H2,1H3,(H,14,15)/t10-/m1/s1. The van der Waals surface area contributed by atoms with Gasteiger partial charge in [0.15, 0.2) is 0 Å². The number of rotatable bonds is 3. The smallest absolute Gasteiger partial charge is 0.309 e. The van der Waals surface area contributed by atoms with Crippen LogP contribution in [-0.4, -0.2) is 27.4 Å². The van der Waals surface area contributed by atoms with Gasteiger partial charge in [0.1, 0.15) is 5.25 Å². The van der Waals surface area contributed by atoms with Gasteiger partial charge in [-0.15, -0.1) is 0 Å². The molecule has 1 fully saturated rings. The maximum absolute atomic E-state index is 11.8. The highest BCUT2D eigenvalue weighted by atomic mass is 79.9. The van der Waals surface area contributed by atoms with E-state index in [0.717, 1.165) is 0 Å². The number of halogens is 1. The monoisotopic (exact) mass is 361 g/mol. The lowest BCUT2D eigenvalue weighted by Gasteiger charge is -2.11. The maximum atomic E-state index is 11.8. The van der Waals surface area contributed by atoms with Gasteiger partial charge in [-0.3, -0.25) is 14.3 Å². The van der Waals surface area contributed by atoms with E-state index >= 15 is 0 Å². The zero-order valence-electron chi connectivity index (χ0n) is 10.6. The molecule has 0 aromatic heterocycles. The summed E-state index contributed by atoms with van der Waals surface area (Å²) < 4.78 is 30.7. The van der Waals surface area contributed by atoms with E-state index < -0.39 is 21.2 Å². The van der Waals surface area contributed by atoms with E-state index in [-0.39, 0.29) is 18.8 Å². The minimum atomic E-state index is -3.67. The fourth-order valence-electron chi connectivity index (χ4n) is 2.01. The van der Waals surface area contributed by atoms with E-state index in [1.807, 2.05) is 4.72 Å². The fourth-order valence-corrected chi connectivity index (χ4v) is 4.31. The molecule has 2 rings (SSSR count). The summed E-state index contributed by atoms with van der Waals surface area (Å²) in [4.78, 5) is 22.4. The number of hydrogen-bond acceptors (Lipinski definition) is 5. The predicted octanol–water partition coefficient (Wildman–Crippen LogP) is 1.06. The summed E-state index contributed by atoms with van der Waals surface area (Å²) in [5.41, 5.74) is 1.19. The average molecular weight is 362 g/mol. The second-order valence-electron chi connectivity index (χ2n) is 4.37. The zero-order chi connectivity index (χ0) is 14.9. The Morgan fingerprint density at radius 2 is 2.20 bits per heavy atom. The van der Waals surface area contributed by atoms with Crippen LogP contribution in [0, 0.1) is 0 Å². The first-order chi connectivity index (χ1) is 9.33. The number of carbonyl (C=O) groups excluding carboxylic acids is 2. The van der Waals surface area contributed by atoms with E-state index in [4.69, 9.17) is 0 Å². The normalized spacial score (nSPS) is 20.5. The minimum Gasteiger partial charge on any atom is -0.469 e. The van der Waals surface area contributed by atoms with Crippen molar-refractivity contribution in [2.45, 2.75) is 18.1 Å². The van der Waals surface area contributed by atoms with Crippen molar-refractivity contribution in [3.05, 3.63) is 33.8 Å². The molecule has 1 amide bonds. The third-order valence-corrected chi connectivity index (χ3v) is 5.36. The molecule has 20 heavy (non-hydrogen) atoms. The van der Waals surface area contributed by atoms with E-state index in [1.165, 1.54) is 7.11 Å². The number of sulfonamides is 1. The van der Waals surface area contributed by atoms with Crippen LogP contribution in [0.15, 0.2) is 22.7 Å². The number of amides is 1. The Morgan fingerprint density at radius 1 is 1.50 bits per heavy atom. The Labute approximate surface area is 124 Å². The van der Waals surface area contributed by atoms with Gasteiger partial charge in [0.05, 0.1) is 20.0 Å². The number of ether oxygens (including phenoxy) is 1. The van der Waals surface area contributed by atoms with Gasteiger partial charge >= 0.3 is 5.97 Å². The molecule has 6 nitrogen and oxygen atoms in total. The Kier molecular flexibility index (Phi) is 4.14. The molecule has 108 valence electrons. The van der Waals surface area contributed by atoms with Crippen molar-refractivity contribution in [1.29, 1.82) is 0 Å². The molecule has 1 aromatic rings. The van der Waals surface area contributed by atoms with Crippen molar-refractivity contribution >= 4 is 37.8 Å². The Balaban J connectivity index is 2.31. The van der Waals surface area contributed by atoms with Crippen LogP contribution in [0.5, 0.6) is 0 Å². The molecule has 0 aliphatic carbocycles. The summed E-state index contributed by atoms with van der Waals surface area (Å²) in [6.45, 7) is 0. The molecule has 8 heteroatoms. The third kappa shape index (κ3) is 3.01. The molecular formula is C12H12BrNO5S. The zero-order valence-corrected chi connectivity index (χ0v) is 13.0. The van der Waals surface area contributed by atoms with Gasteiger partial charge in [-0.25, -0.2) is 8.42 Å². The van der Waals surface area contributed by atoms with Crippen LogP contribution in [0.2, 0.25) is 0 Å². The molecule has 0 spiro atoms. The number of carbonyl (C=O) groups is 2. The Hall–Kier alpha value is -1.41. The van der Waals surface area contributed by atoms with E-state index in [9.17, 15) is 18.0 Å². The molecule has 0 saturated carbocycles. The Morgan fingerprint density at radius 3 is 2.70 bits per heavy atom. The van der Waals surface area contributed by atoms with Crippen molar-refractivity contribution < 1.29 is 22.7 Å². The predicted molar refractivity (Wildman–Crippen MR) is 74.3 cm³/mol. The molecule has 1 atom stereocenters. The highest BCUT2D eigenvalue weighted by molar-refractivity contribution is 9.10. The lowest BCUT2D eigenvalue weighted by molar-refractivity contribution is -0.139. The first-order valence-corrected chi connectivity index (χ1v) is 8.07. The van der Waals surface area contributed by atoms with Gasteiger partial charge < -0.3 is 4.74 Å². The van der Waals surface area contributed by atoms with E-state index in [1.54, 1.807) is 18.2 Å². The second kappa shape index (κ2) is 5.53. The van der Waals surface area contributed by atoms with Crippen LogP contribution in [0.3, 0.4) is 0 Å². The van der Waals surface area contributed by atoms with Gasteiger partial charge in [-0.2, -0.15) is 0 Å². The number of esters is 1. The van der Waals surface area contributed by atoms with Gasteiger partial charge in [-0.05, 0) is 17.2 Å². The summed E-state index contributed by atoms with van der Waals surface area (Å²) in [5.74, 6) is -0.893. The molecular weight excluding hydrogens is 350 g/mol. The SMILES string of the molecule is COC(=O)Cc1ccc([C@H]2CC(=O)NS2(=O)=O)c(Br)c1. The molecule has 1 aromatic carbocycles. The molecule has 1 N–H and O–H groups in total. The minimum absolute atomic E-state index is 0.0999. The van der Waals surface area contributed by atoms with Crippen LogP contribution in [0.4, 0.5) is 0 Å². The lowest BCUT2D eigenvalue weighted by atomic mass is 10.1. The second-order valence-corrected chi connectivity index (χ2v) is 7.09. The van der Waals surface area contributed by atoms with Gasteiger partial charge in [0, 0.05) is 4.47 Å². The first kappa shape index (κ1) is 15.0. The van der Waals surface area contributed by atoms with Crippen LogP contribution < -0.4 is 4.72 Å². The largest absolute Gasteiger partial charge is 0.469 e. The van der Waals surface area contributed by atoms with Gasteiger partial charge in [0.25, 0.3) is 0 Å². The van der Waals surface area contributed by atoms with Crippen molar-refractivity contribution in [2.24, 2.45) is 0 Å². The summed E-state index contributed by atoms with van der Waals surface area (Å²) >= 11 is 3.28. The molecule has 0 bridgehead atoms. The van der Waals surface area contributed by atoms with Crippen LogP contribution >= 0.6 is 15.9 Å². The number of benzene rings is 1. The molecule has 0 unspecified atom stereocenters. The summed E-state index contributed by atoms with van der Waals surface area (Å²) in [5, 5.41) is -0.906. The summed E-state index contributed by atoms with van der Waals surface area (Å²) in [7, 11) is -2.37. The average Bonchev–Trinajstić information content (AvgIpc) is 2.62. The quantitative estimate of drug-likeness (QED) is 0.812. The molecule has 1 aliphatic heterocycles. The number of methoxy groups -OCH3 is 1. The molecule has 0 radical (unpaired) electrons. The van der Waals surface area contributed by atoms with Crippen LogP contribution in [0.1, 0.15) is 22.8 Å². The molecule has 1 aliphatic rings. The van der Waals surface area contributed by atoms with Crippen molar-refractivity contribution in [3.63, 3.8) is 0 Å². The number of hydrogen-bond donors (Lipinski definition) is 1. The fraction of sp³-hybridized carbons (Fsp3) is 0.333. The highest BCUT2D eigenvalue weighted by Gasteiger charge is 2.38. The molecule has 1 saturated heterocycles. The molecule has 1 heterocycles. The summed E-state index contributed by atoms with van der Waals surface area (Å²) in [6.07, 6.45) is 0.00125. The van der Waals surface area contributed by atoms with E-state index in [0.29, 0.717) is 15.6 Å². The van der Waals surface area contributed by atoms with Gasteiger partial charge in [-0.1, -0.05) is 28.1 Å². The van der Waals surface area contributed by atoms with Crippen LogP contribution in [-0.2, 0) is 30.8 Å². The lowest BCUT2D eigenvalue weighted by Crippen LogP contribution is -2.21. The highest BCUT2D eigenvalue weighted by Crippen LogP contribution is 2.35. The maximum Gasteiger partial charge on any atom is 0.309 e. The summed E-state index contributed by atoms with van der Waals surface area (Å²) in [6, 6.07) is 4.91. The van der Waals surface area contributed by atoms with Gasteiger partial charge in [0.2, 0.25) is 15.9 Å². The first-order valence-electron chi connectivity index (χ1n) is 5.73. The third-order valence-electron chi connectivity index (χ3n) is 2.99. The number of nitrogens with one attached hydrogen (secondary N) is 1. The van der Waals surface area contributed by atoms with Crippen molar-refractivity contribution in [1.82, 2.24) is 4.72 Å². The topological polar surface area (TPSA) is 89.5 Å². The van der Waals surface area contributed by atoms with Crippen molar-refractivity contribution in [2.75, 3.05) is 7.11 Å².